The van der Waals surface area contributed by atoms with Gasteiger partial charge in [-0.25, -0.2) is 4.79 Å². The third-order valence-electron chi connectivity index (χ3n) is 6.44. The summed E-state index contributed by atoms with van der Waals surface area (Å²) in [4.78, 5) is 24.0. The van der Waals surface area contributed by atoms with Gasteiger partial charge in [-0.05, 0) is 48.5 Å². The largest absolute Gasteiger partial charge is 0.569 e. The molecule has 0 amide bonds. The van der Waals surface area contributed by atoms with Gasteiger partial charge in [-0.1, -0.05) is 0 Å². The van der Waals surface area contributed by atoms with E-state index < -0.39 is 36.2 Å². The molecule has 4 aromatic carbocycles. The van der Waals surface area contributed by atoms with Crippen LogP contribution in [0.5, 0.6) is 34.5 Å². The van der Waals surface area contributed by atoms with E-state index in [1.54, 1.807) is 24.3 Å². The number of hydrogen-bond acceptors (Lipinski definition) is 12. The maximum absolute atomic E-state index is 12.1. The van der Waals surface area contributed by atoms with Gasteiger partial charge in [-0.2, -0.15) is 5.56 Å². The van der Waals surface area contributed by atoms with E-state index in [0.717, 1.165) is 24.3 Å². The van der Waals surface area contributed by atoms with Gasteiger partial charge in [0, 0.05) is 131 Å². The number of epoxide rings is 2. The summed E-state index contributed by atoms with van der Waals surface area (Å²) in [5.74, 6) is -1.58. The van der Waals surface area contributed by atoms with Gasteiger partial charge in [0.25, 0.3) is 0 Å². The van der Waals surface area contributed by atoms with Crippen LogP contribution >= 0.6 is 0 Å². The molecule has 0 aromatic heterocycles. The Morgan fingerprint density at radius 3 is 1.33 bits per heavy atom. The Morgan fingerprint density at radius 1 is 0.552 bits per heavy atom. The van der Waals surface area contributed by atoms with Crippen molar-refractivity contribution in [1.82, 2.24) is 0 Å². The van der Waals surface area contributed by atoms with Crippen LogP contribution in [0.3, 0.4) is 0 Å². The third-order valence-corrected chi connectivity index (χ3v) is 6.44. The molecule has 0 bridgehead atoms. The number of rotatable bonds is 16. The van der Waals surface area contributed by atoms with Gasteiger partial charge in [0.15, 0.2) is 13.6 Å². The van der Waals surface area contributed by atoms with E-state index in [-0.39, 0.29) is 179 Å². The van der Waals surface area contributed by atoms with Crippen molar-refractivity contribution in [1.29, 1.82) is 0 Å². The molecule has 12 nitrogen and oxygen atoms in total. The monoisotopic (exact) mass is 1120 g/mol. The Hall–Kier alpha value is -1.14. The van der Waals surface area contributed by atoms with Gasteiger partial charge in [0.05, 0.1) is 32.0 Å². The van der Waals surface area contributed by atoms with Crippen LogP contribution in [0.2, 0.25) is 0 Å². The maximum Gasteiger partial charge on any atom is 0.569 e. The quantitative estimate of drug-likeness (QED) is 0.0237. The first kappa shape index (κ1) is 54.9. The van der Waals surface area contributed by atoms with Crippen molar-refractivity contribution in [3.05, 3.63) is 108 Å². The molecule has 2 unspecified atom stereocenters. The molecule has 0 N–H and O–H groups in total. The SMILES string of the molecule is O=C(Oc1c[c-]c(OC(F)(F)F)[c-]c1)c1ccc(OCOCC2CO2)cc1.O=C(Oc1ccc(OCOCC2CO2)cc1)c1c[c-]c(OC(F)(F)F)[c-]c1.[Y].[Y].[Y].[Y]. The molecule has 2 atom stereocenters. The minimum atomic E-state index is -4.85. The maximum atomic E-state index is 12.1. The fourth-order valence-corrected chi connectivity index (χ4v) is 3.78. The zero-order valence-electron chi connectivity index (χ0n) is 29.8. The Morgan fingerprint density at radius 2 is 0.914 bits per heavy atom. The molecule has 2 aliphatic heterocycles. The van der Waals surface area contributed by atoms with Gasteiger partial charge in [-0.3, -0.25) is 29.1 Å². The first-order chi connectivity index (χ1) is 25.8. The summed E-state index contributed by atoms with van der Waals surface area (Å²) < 4.78 is 121. The van der Waals surface area contributed by atoms with Gasteiger partial charge in [-0.15, -0.1) is 43.6 Å². The summed E-state index contributed by atoms with van der Waals surface area (Å²) in [5, 5.41) is 0. The number of alkyl halides is 6. The summed E-state index contributed by atoms with van der Waals surface area (Å²) in [6.07, 6.45) is -9.39. The third kappa shape index (κ3) is 22.1. The first-order valence-electron chi connectivity index (χ1n) is 15.4. The number of esters is 2. The molecule has 2 aliphatic rings. The molecule has 58 heavy (non-hydrogen) atoms. The van der Waals surface area contributed by atoms with Crippen LogP contribution in [-0.4, -0.2) is 76.9 Å². The fraction of sp³-hybridized carbons (Fsp3) is 0.278. The summed E-state index contributed by atoms with van der Waals surface area (Å²) in [7, 11) is 0. The van der Waals surface area contributed by atoms with E-state index in [1.165, 1.54) is 24.3 Å². The molecule has 22 heteroatoms. The van der Waals surface area contributed by atoms with Crippen LogP contribution in [-0.2, 0) is 150 Å². The van der Waals surface area contributed by atoms with Crippen LogP contribution in [0, 0.1) is 24.3 Å². The molecular weight excluding hydrogens is 1090 g/mol. The predicted molar refractivity (Wildman–Crippen MR) is 167 cm³/mol. The van der Waals surface area contributed by atoms with Crippen LogP contribution in [0.4, 0.5) is 26.3 Å². The number of carbonyl (C=O) groups is 2. The van der Waals surface area contributed by atoms with Crippen molar-refractivity contribution in [3.8, 4) is 34.5 Å². The fourth-order valence-electron chi connectivity index (χ4n) is 3.78. The summed E-state index contributed by atoms with van der Waals surface area (Å²) in [5.41, 5.74) is 0.200. The van der Waals surface area contributed by atoms with E-state index in [0.29, 0.717) is 37.9 Å². The van der Waals surface area contributed by atoms with Crippen molar-refractivity contribution in [2.75, 3.05) is 40.0 Å². The van der Waals surface area contributed by atoms with Crippen LogP contribution in [0.15, 0.2) is 72.8 Å². The molecule has 2 heterocycles. The van der Waals surface area contributed by atoms with Crippen molar-refractivity contribution >= 4 is 11.9 Å². The van der Waals surface area contributed by atoms with Crippen LogP contribution in [0.1, 0.15) is 20.7 Å². The molecule has 300 valence electrons. The molecule has 0 spiro atoms. The standard InChI is InChI=1S/2C18H13F3O6.4Y/c19-18(20,21)27-15-3-1-12(2-4-15)17(22)26-14-7-5-13(6-8-14)25-11-23-9-16-10-24-16;19-18(20,21)27-15-7-5-14(6-8-15)26-17(22)12-1-3-13(4-2-12)25-11-23-9-16-10-24-16;;;;/h1-2,5-8,16H,9-11H2;1-6,16H,9-11H2;;;;/q2*-2;;;;. The summed E-state index contributed by atoms with van der Waals surface area (Å²) >= 11 is 0. The topological polar surface area (TPSA) is 133 Å². The molecule has 6 rings (SSSR count). The van der Waals surface area contributed by atoms with Gasteiger partial charge < -0.3 is 71.6 Å². The van der Waals surface area contributed by atoms with Gasteiger partial charge in [0.2, 0.25) is 5.97 Å². The van der Waals surface area contributed by atoms with Crippen molar-refractivity contribution in [3.63, 3.8) is 0 Å². The molecule has 2 fully saturated rings. The second-order valence-corrected chi connectivity index (χ2v) is 10.7. The molecule has 2 saturated heterocycles. The van der Waals surface area contributed by atoms with E-state index in [9.17, 15) is 35.9 Å². The Balaban J connectivity index is 0.000000543. The molecule has 0 saturated carbocycles. The minimum Gasteiger partial charge on any atom is -0.549 e. The molecular formula is C36H26F6O12Y4-4. The van der Waals surface area contributed by atoms with Crippen LogP contribution < -0.4 is 28.4 Å². The number of ether oxygens (including phenoxy) is 10. The number of carbonyl (C=O) groups excluding carboxylic acids is 2. The number of benzene rings is 4. The van der Waals surface area contributed by atoms with Crippen molar-refractivity contribution in [2.24, 2.45) is 0 Å². The zero-order valence-corrected chi connectivity index (χ0v) is 41.2. The Bertz CT molecular complexity index is 1800. The predicted octanol–water partition coefficient (Wildman–Crippen LogP) is 6.30. The minimum absolute atomic E-state index is 0. The van der Waals surface area contributed by atoms with Gasteiger partial charge in [0.1, 0.15) is 29.5 Å². The van der Waals surface area contributed by atoms with Crippen molar-refractivity contribution < 1.29 is 214 Å². The Kier molecular flexibility index (Phi) is 25.6. The smallest absolute Gasteiger partial charge is 0.549 e. The normalized spacial score (nSPS) is 14.8. The second kappa shape index (κ2) is 27.0. The first-order valence-corrected chi connectivity index (χ1v) is 15.4. The molecule has 4 radical (unpaired) electrons. The van der Waals surface area contributed by atoms with Crippen LogP contribution in [0.25, 0.3) is 0 Å². The van der Waals surface area contributed by atoms with E-state index in [1.807, 2.05) is 0 Å². The van der Waals surface area contributed by atoms with Crippen molar-refractivity contribution in [2.45, 2.75) is 24.9 Å². The zero-order chi connectivity index (χ0) is 38.6. The Labute approximate surface area is 428 Å². The molecule has 0 aliphatic carbocycles. The number of halogens is 6. The molecule has 4 aromatic rings. The van der Waals surface area contributed by atoms with E-state index >= 15 is 0 Å². The van der Waals surface area contributed by atoms with E-state index in [2.05, 4.69) is 33.7 Å². The second-order valence-electron chi connectivity index (χ2n) is 10.7. The van der Waals surface area contributed by atoms with E-state index in [4.69, 9.17) is 37.9 Å². The summed E-state index contributed by atoms with van der Waals surface area (Å²) in [6.45, 7) is 2.46. The number of hydrogen-bond donors (Lipinski definition) is 0. The average molecular weight is 1120 g/mol. The summed E-state index contributed by atoms with van der Waals surface area (Å²) in [6, 6.07) is 25.1. The average Bonchev–Trinajstić information content (AvgIpc) is 4.07. The van der Waals surface area contributed by atoms with Gasteiger partial charge >= 0.3 is 18.7 Å².